The van der Waals surface area contributed by atoms with Crippen molar-refractivity contribution in [3.8, 4) is 0 Å². The molecule has 3 aromatic rings. The lowest BCUT2D eigenvalue weighted by molar-refractivity contribution is -0.137. The highest BCUT2D eigenvalue weighted by molar-refractivity contribution is 7.92. The molecule has 8 nitrogen and oxygen atoms in total. The maximum Gasteiger partial charge on any atom is 0.416 e. The molecule has 3 rings (SSSR count). The Labute approximate surface area is 190 Å². The molecule has 0 aliphatic rings. The van der Waals surface area contributed by atoms with Gasteiger partial charge in [0.05, 0.1) is 16.0 Å². The molecule has 2 amide bonds. The predicted octanol–water partition coefficient (Wildman–Crippen LogP) is 3.64. The highest BCUT2D eigenvalue weighted by atomic mass is 32.2. The van der Waals surface area contributed by atoms with Crippen molar-refractivity contribution in [1.82, 2.24) is 15.8 Å². The quantitative estimate of drug-likeness (QED) is 0.318. The number of nitrogens with one attached hydrogen (secondary N) is 4. The van der Waals surface area contributed by atoms with E-state index in [1.165, 1.54) is 30.5 Å². The molecule has 0 unspecified atom stereocenters. The highest BCUT2D eigenvalue weighted by Gasteiger charge is 2.30. The lowest BCUT2D eigenvalue weighted by Crippen LogP contribution is -2.41. The third kappa shape index (κ3) is 5.96. The summed E-state index contributed by atoms with van der Waals surface area (Å²) in [5.74, 6) is -1.52. The van der Waals surface area contributed by atoms with Crippen LogP contribution in [-0.4, -0.2) is 25.2 Å². The molecule has 172 valence electrons. The van der Waals surface area contributed by atoms with E-state index in [0.717, 1.165) is 30.3 Å². The van der Waals surface area contributed by atoms with Crippen molar-refractivity contribution >= 4 is 39.7 Å². The van der Waals surface area contributed by atoms with Crippen LogP contribution in [0.15, 0.2) is 71.8 Å². The molecule has 13 heteroatoms. The van der Waals surface area contributed by atoms with Crippen LogP contribution in [0.25, 0.3) is 0 Å². The van der Waals surface area contributed by atoms with Gasteiger partial charge in [0, 0.05) is 17.4 Å². The minimum absolute atomic E-state index is 0.106. The zero-order valence-corrected chi connectivity index (χ0v) is 18.1. The van der Waals surface area contributed by atoms with E-state index in [2.05, 4.69) is 15.8 Å². The third-order valence-corrected chi connectivity index (χ3v) is 5.92. The zero-order chi connectivity index (χ0) is 24.2. The molecular formula is C20H15F3N4O4S2. The van der Waals surface area contributed by atoms with E-state index in [4.69, 9.17) is 12.2 Å². The smallest absolute Gasteiger partial charge is 0.352 e. The fourth-order valence-corrected chi connectivity index (χ4v) is 3.95. The molecule has 1 heterocycles. The molecule has 0 fully saturated rings. The Morgan fingerprint density at radius 2 is 1.61 bits per heavy atom. The van der Waals surface area contributed by atoms with Gasteiger partial charge in [0.1, 0.15) is 4.64 Å². The maximum absolute atomic E-state index is 12.9. The average molecular weight is 496 g/mol. The van der Waals surface area contributed by atoms with Crippen molar-refractivity contribution < 1.29 is 31.2 Å². The van der Waals surface area contributed by atoms with Crippen LogP contribution in [0.3, 0.4) is 0 Å². The second kappa shape index (κ2) is 9.42. The number of hydrogen-bond donors (Lipinski definition) is 4. The number of amides is 2. The van der Waals surface area contributed by atoms with Crippen LogP contribution in [0, 0.1) is 4.64 Å². The number of alkyl halides is 3. The first-order chi connectivity index (χ1) is 15.5. The SMILES string of the molecule is O=C(NNC(=O)c1ccc[nH]c1=S)c1cccc(S(=O)(=O)Nc2cccc(C(F)(F)F)c2)c1. The monoisotopic (exact) mass is 496 g/mol. The molecule has 0 aliphatic carbocycles. The predicted molar refractivity (Wildman–Crippen MR) is 115 cm³/mol. The molecule has 0 radical (unpaired) electrons. The zero-order valence-electron chi connectivity index (χ0n) is 16.4. The molecular weight excluding hydrogens is 481 g/mol. The van der Waals surface area contributed by atoms with Crippen LogP contribution >= 0.6 is 12.2 Å². The topological polar surface area (TPSA) is 120 Å². The fourth-order valence-electron chi connectivity index (χ4n) is 2.63. The van der Waals surface area contributed by atoms with Crippen molar-refractivity contribution in [2.24, 2.45) is 0 Å². The second-order valence-electron chi connectivity index (χ2n) is 6.53. The molecule has 0 bridgehead atoms. The molecule has 0 saturated carbocycles. The van der Waals surface area contributed by atoms with Crippen LogP contribution in [0.1, 0.15) is 26.3 Å². The Kier molecular flexibility index (Phi) is 6.84. The van der Waals surface area contributed by atoms with Gasteiger partial charge in [0.25, 0.3) is 21.8 Å². The summed E-state index contributed by atoms with van der Waals surface area (Å²) in [4.78, 5) is 26.8. The number of hydrogen-bond acceptors (Lipinski definition) is 5. The van der Waals surface area contributed by atoms with Gasteiger partial charge >= 0.3 is 6.18 Å². The van der Waals surface area contributed by atoms with Gasteiger partial charge in [-0.25, -0.2) is 8.42 Å². The summed E-state index contributed by atoms with van der Waals surface area (Å²) in [7, 11) is -4.31. The first kappa shape index (κ1) is 23.9. The van der Waals surface area contributed by atoms with Gasteiger partial charge in [-0.1, -0.05) is 24.4 Å². The highest BCUT2D eigenvalue weighted by Crippen LogP contribution is 2.31. The van der Waals surface area contributed by atoms with Crippen molar-refractivity contribution in [3.05, 3.63) is 88.2 Å². The number of sulfonamides is 1. The minimum atomic E-state index is -4.65. The molecule has 0 atom stereocenters. The molecule has 0 spiro atoms. The summed E-state index contributed by atoms with van der Waals surface area (Å²) in [5, 5.41) is 0. The van der Waals surface area contributed by atoms with Crippen molar-refractivity contribution in [2.75, 3.05) is 4.72 Å². The lowest BCUT2D eigenvalue weighted by Gasteiger charge is -2.12. The van der Waals surface area contributed by atoms with Crippen molar-refractivity contribution in [3.63, 3.8) is 0 Å². The van der Waals surface area contributed by atoms with Gasteiger partial charge in [-0.15, -0.1) is 0 Å². The Morgan fingerprint density at radius 3 is 2.30 bits per heavy atom. The number of carbonyl (C=O) groups excluding carboxylic acids is 2. The van der Waals surface area contributed by atoms with Crippen molar-refractivity contribution in [2.45, 2.75) is 11.1 Å². The summed E-state index contributed by atoms with van der Waals surface area (Å²) in [5.41, 5.74) is 2.96. The maximum atomic E-state index is 12.9. The molecule has 0 saturated heterocycles. The Hall–Kier alpha value is -3.71. The summed E-state index contributed by atoms with van der Waals surface area (Å²) in [6.45, 7) is 0. The average Bonchev–Trinajstić information content (AvgIpc) is 2.77. The summed E-state index contributed by atoms with van der Waals surface area (Å²) in [6.07, 6.45) is -3.12. The van der Waals surface area contributed by atoms with Gasteiger partial charge in [-0.3, -0.25) is 25.2 Å². The fraction of sp³-hybridized carbons (Fsp3) is 0.0500. The van der Waals surface area contributed by atoms with E-state index >= 15 is 0 Å². The number of anilines is 1. The molecule has 33 heavy (non-hydrogen) atoms. The van der Waals surface area contributed by atoms with E-state index in [-0.39, 0.29) is 26.4 Å². The van der Waals surface area contributed by atoms with Crippen LogP contribution in [0.2, 0.25) is 0 Å². The van der Waals surface area contributed by atoms with Crippen LogP contribution in [-0.2, 0) is 16.2 Å². The summed E-state index contributed by atoms with van der Waals surface area (Å²) in [6, 6.07) is 11.4. The molecule has 4 N–H and O–H groups in total. The molecule has 2 aromatic carbocycles. The van der Waals surface area contributed by atoms with Gasteiger partial charge in [0.2, 0.25) is 0 Å². The number of halogens is 3. The van der Waals surface area contributed by atoms with E-state index in [1.54, 1.807) is 0 Å². The Balaban J connectivity index is 1.74. The van der Waals surface area contributed by atoms with Gasteiger partial charge in [-0.05, 0) is 48.5 Å². The number of benzene rings is 2. The molecule has 1 aromatic heterocycles. The normalized spacial score (nSPS) is 11.5. The summed E-state index contributed by atoms with van der Waals surface area (Å²) < 4.78 is 66.0. The van der Waals surface area contributed by atoms with E-state index in [9.17, 15) is 31.2 Å². The third-order valence-electron chi connectivity index (χ3n) is 4.20. The summed E-state index contributed by atoms with van der Waals surface area (Å²) >= 11 is 4.98. The largest absolute Gasteiger partial charge is 0.416 e. The lowest BCUT2D eigenvalue weighted by atomic mass is 10.2. The van der Waals surface area contributed by atoms with Gasteiger partial charge < -0.3 is 4.98 Å². The second-order valence-corrected chi connectivity index (χ2v) is 8.62. The van der Waals surface area contributed by atoms with Crippen molar-refractivity contribution in [1.29, 1.82) is 0 Å². The first-order valence-corrected chi connectivity index (χ1v) is 10.9. The van der Waals surface area contributed by atoms with Gasteiger partial charge in [-0.2, -0.15) is 13.2 Å². The van der Waals surface area contributed by atoms with Gasteiger partial charge in [0.15, 0.2) is 0 Å². The number of H-pyrrole nitrogens is 1. The number of hydrazine groups is 1. The Bertz CT molecular complexity index is 1370. The van der Waals surface area contributed by atoms with Crippen LogP contribution in [0.5, 0.6) is 0 Å². The van der Waals surface area contributed by atoms with E-state index in [0.29, 0.717) is 6.07 Å². The number of aromatic amines is 1. The Morgan fingerprint density at radius 1 is 0.909 bits per heavy atom. The number of aromatic nitrogens is 1. The number of pyridine rings is 1. The molecule has 0 aliphatic heterocycles. The standard InChI is InChI=1S/C20H15F3N4O4S2/c21-20(22,23)13-5-2-6-14(11-13)27-33(30,31)15-7-1-4-12(10-15)17(28)25-26-18(29)16-8-3-9-24-19(16)32/h1-11,27H,(H,24,32)(H,25,28)(H,26,29). The van der Waals surface area contributed by atoms with E-state index in [1.807, 2.05) is 4.72 Å². The van der Waals surface area contributed by atoms with Crippen LogP contribution in [0.4, 0.5) is 18.9 Å². The number of carbonyl (C=O) groups is 2. The number of rotatable bonds is 5. The van der Waals surface area contributed by atoms with Crippen LogP contribution < -0.4 is 15.6 Å². The van der Waals surface area contributed by atoms with E-state index < -0.39 is 33.6 Å². The first-order valence-electron chi connectivity index (χ1n) is 9.06. The minimum Gasteiger partial charge on any atom is -0.352 e.